The zero-order chi connectivity index (χ0) is 15.1. The van der Waals surface area contributed by atoms with Crippen molar-refractivity contribution in [2.75, 3.05) is 6.61 Å². The van der Waals surface area contributed by atoms with Crippen LogP contribution in [0, 0.1) is 6.92 Å². The van der Waals surface area contributed by atoms with Gasteiger partial charge in [0.05, 0.1) is 12.2 Å². The molecule has 0 aliphatic carbocycles. The molecule has 1 rings (SSSR count). The molecular formula is C13H17NO5S. The molecule has 1 atom stereocenters. The standard InChI is InChI=1S/C13H17NO5S/c1-3-19-11(15)5-4-10(13(17)18)14-12(16)9-7-20-6-8(9)2/h6-7,10H,3-5H2,1-2H3,(H,14,16)(H,17,18)/t10-/m0/s1. The monoisotopic (exact) mass is 299 g/mol. The Hall–Kier alpha value is -1.89. The predicted molar refractivity (Wildman–Crippen MR) is 73.8 cm³/mol. The summed E-state index contributed by atoms with van der Waals surface area (Å²) in [5.41, 5.74) is 1.25. The number of rotatable bonds is 7. The van der Waals surface area contributed by atoms with Gasteiger partial charge in [0.2, 0.25) is 0 Å². The van der Waals surface area contributed by atoms with E-state index in [1.54, 1.807) is 19.2 Å². The van der Waals surface area contributed by atoms with Crippen LogP contribution in [0.1, 0.15) is 35.7 Å². The number of esters is 1. The van der Waals surface area contributed by atoms with Gasteiger partial charge in [-0.3, -0.25) is 9.59 Å². The van der Waals surface area contributed by atoms with Crippen LogP contribution in [0.2, 0.25) is 0 Å². The van der Waals surface area contributed by atoms with Crippen LogP contribution in [0.15, 0.2) is 10.8 Å². The van der Waals surface area contributed by atoms with E-state index >= 15 is 0 Å². The summed E-state index contributed by atoms with van der Waals surface area (Å²) in [6.45, 7) is 3.70. The van der Waals surface area contributed by atoms with Gasteiger partial charge in [0.25, 0.3) is 5.91 Å². The Labute approximate surface area is 120 Å². The van der Waals surface area contributed by atoms with Crippen molar-refractivity contribution in [2.24, 2.45) is 0 Å². The van der Waals surface area contributed by atoms with Crippen LogP contribution in [-0.2, 0) is 14.3 Å². The van der Waals surface area contributed by atoms with Gasteiger partial charge in [0.1, 0.15) is 6.04 Å². The molecule has 0 radical (unpaired) electrons. The summed E-state index contributed by atoms with van der Waals surface area (Å²) in [7, 11) is 0. The summed E-state index contributed by atoms with van der Waals surface area (Å²) in [5.74, 6) is -2.09. The van der Waals surface area contributed by atoms with E-state index in [1.807, 2.05) is 5.38 Å². The number of carboxylic acids is 1. The van der Waals surface area contributed by atoms with Crippen LogP contribution in [-0.4, -0.2) is 35.6 Å². The van der Waals surface area contributed by atoms with Gasteiger partial charge in [0.15, 0.2) is 0 Å². The van der Waals surface area contributed by atoms with Crippen molar-refractivity contribution in [1.29, 1.82) is 0 Å². The molecule has 20 heavy (non-hydrogen) atoms. The third-order valence-electron chi connectivity index (χ3n) is 2.65. The van der Waals surface area contributed by atoms with Gasteiger partial charge in [-0.1, -0.05) is 0 Å². The van der Waals surface area contributed by atoms with E-state index in [9.17, 15) is 14.4 Å². The van der Waals surface area contributed by atoms with Gasteiger partial charge >= 0.3 is 11.9 Å². The lowest BCUT2D eigenvalue weighted by Gasteiger charge is -2.14. The van der Waals surface area contributed by atoms with Crippen molar-refractivity contribution >= 4 is 29.2 Å². The molecule has 6 nitrogen and oxygen atoms in total. The summed E-state index contributed by atoms with van der Waals surface area (Å²) in [4.78, 5) is 34.2. The average Bonchev–Trinajstić information content (AvgIpc) is 2.80. The zero-order valence-electron chi connectivity index (χ0n) is 11.3. The summed E-state index contributed by atoms with van der Waals surface area (Å²) in [5, 5.41) is 15.0. The molecule has 0 saturated heterocycles. The highest BCUT2D eigenvalue weighted by Gasteiger charge is 2.22. The highest BCUT2D eigenvalue weighted by atomic mass is 32.1. The van der Waals surface area contributed by atoms with Crippen molar-refractivity contribution in [2.45, 2.75) is 32.7 Å². The number of amides is 1. The van der Waals surface area contributed by atoms with Crippen LogP contribution in [0.3, 0.4) is 0 Å². The van der Waals surface area contributed by atoms with E-state index in [0.717, 1.165) is 5.56 Å². The normalized spacial score (nSPS) is 11.7. The number of carbonyl (C=O) groups is 3. The van der Waals surface area contributed by atoms with E-state index < -0.39 is 23.9 Å². The number of carbonyl (C=O) groups excluding carboxylic acids is 2. The second-order valence-electron chi connectivity index (χ2n) is 4.18. The SMILES string of the molecule is CCOC(=O)CC[C@H](NC(=O)c1cscc1C)C(=O)O. The van der Waals surface area contributed by atoms with E-state index in [2.05, 4.69) is 5.32 Å². The summed E-state index contributed by atoms with van der Waals surface area (Å²) < 4.78 is 4.73. The third-order valence-corrected chi connectivity index (χ3v) is 3.51. The lowest BCUT2D eigenvalue weighted by molar-refractivity contribution is -0.144. The topological polar surface area (TPSA) is 92.7 Å². The van der Waals surface area contributed by atoms with Crippen molar-refractivity contribution in [1.82, 2.24) is 5.32 Å². The van der Waals surface area contributed by atoms with Gasteiger partial charge < -0.3 is 15.2 Å². The maximum absolute atomic E-state index is 11.9. The van der Waals surface area contributed by atoms with Gasteiger partial charge in [-0.05, 0) is 31.2 Å². The smallest absolute Gasteiger partial charge is 0.326 e. The van der Waals surface area contributed by atoms with E-state index in [1.165, 1.54) is 11.3 Å². The third kappa shape index (κ3) is 4.65. The lowest BCUT2D eigenvalue weighted by Crippen LogP contribution is -2.41. The molecule has 110 valence electrons. The summed E-state index contributed by atoms with van der Waals surface area (Å²) in [6.07, 6.45) is -0.0448. The molecule has 7 heteroatoms. The van der Waals surface area contributed by atoms with Crippen molar-refractivity contribution in [3.05, 3.63) is 21.9 Å². The van der Waals surface area contributed by atoms with Gasteiger partial charge in [0, 0.05) is 11.8 Å². The fraction of sp³-hybridized carbons (Fsp3) is 0.462. The molecule has 0 unspecified atom stereocenters. The Kier molecular flexibility index (Phi) is 6.17. The van der Waals surface area contributed by atoms with Crippen LogP contribution < -0.4 is 5.32 Å². The Morgan fingerprint density at radius 2 is 2.10 bits per heavy atom. The molecule has 0 bridgehead atoms. The summed E-state index contributed by atoms with van der Waals surface area (Å²) in [6, 6.07) is -1.11. The van der Waals surface area contributed by atoms with Crippen molar-refractivity contribution < 1.29 is 24.2 Å². The number of nitrogens with one attached hydrogen (secondary N) is 1. The van der Waals surface area contributed by atoms with Crippen LogP contribution in [0.25, 0.3) is 0 Å². The molecule has 0 spiro atoms. The number of hydrogen-bond donors (Lipinski definition) is 2. The Morgan fingerprint density at radius 3 is 2.60 bits per heavy atom. The highest BCUT2D eigenvalue weighted by Crippen LogP contribution is 2.14. The highest BCUT2D eigenvalue weighted by molar-refractivity contribution is 7.08. The fourth-order valence-corrected chi connectivity index (χ4v) is 2.41. The second-order valence-corrected chi connectivity index (χ2v) is 4.92. The number of hydrogen-bond acceptors (Lipinski definition) is 5. The Balaban J connectivity index is 2.59. The average molecular weight is 299 g/mol. The van der Waals surface area contributed by atoms with E-state index in [4.69, 9.17) is 9.84 Å². The molecule has 1 heterocycles. The number of aliphatic carboxylic acids is 1. The largest absolute Gasteiger partial charge is 0.480 e. The predicted octanol–water partition coefficient (Wildman–Crippen LogP) is 1.58. The number of carboxylic acid groups (broad SMARTS) is 1. The summed E-state index contributed by atoms with van der Waals surface area (Å²) >= 11 is 1.37. The molecular weight excluding hydrogens is 282 g/mol. The van der Waals surface area contributed by atoms with Crippen LogP contribution >= 0.6 is 11.3 Å². The Bertz CT molecular complexity index is 497. The molecule has 1 aromatic heterocycles. The van der Waals surface area contributed by atoms with Crippen molar-refractivity contribution in [3.8, 4) is 0 Å². The molecule has 0 aliphatic rings. The first-order valence-electron chi connectivity index (χ1n) is 6.17. The second kappa shape index (κ2) is 7.64. The van der Waals surface area contributed by atoms with Crippen LogP contribution in [0.5, 0.6) is 0 Å². The minimum absolute atomic E-state index is 0.00307. The first-order chi connectivity index (χ1) is 9.45. The zero-order valence-corrected chi connectivity index (χ0v) is 12.2. The molecule has 0 aliphatic heterocycles. The van der Waals surface area contributed by atoms with E-state index in [-0.39, 0.29) is 19.4 Å². The lowest BCUT2D eigenvalue weighted by atomic mass is 10.1. The molecule has 2 N–H and O–H groups in total. The number of thiophene rings is 1. The number of aryl methyl sites for hydroxylation is 1. The molecule has 1 amide bonds. The molecule has 0 saturated carbocycles. The van der Waals surface area contributed by atoms with Gasteiger partial charge in [-0.15, -0.1) is 0 Å². The van der Waals surface area contributed by atoms with Crippen molar-refractivity contribution in [3.63, 3.8) is 0 Å². The quantitative estimate of drug-likeness (QED) is 0.746. The first kappa shape index (κ1) is 16.2. The maximum Gasteiger partial charge on any atom is 0.326 e. The Morgan fingerprint density at radius 1 is 1.40 bits per heavy atom. The minimum Gasteiger partial charge on any atom is -0.480 e. The van der Waals surface area contributed by atoms with Gasteiger partial charge in [-0.2, -0.15) is 11.3 Å². The maximum atomic E-state index is 11.9. The number of ether oxygens (including phenoxy) is 1. The van der Waals surface area contributed by atoms with E-state index in [0.29, 0.717) is 5.56 Å². The molecule has 1 aromatic rings. The van der Waals surface area contributed by atoms with Crippen LogP contribution in [0.4, 0.5) is 0 Å². The first-order valence-corrected chi connectivity index (χ1v) is 7.12. The molecule has 0 aromatic carbocycles. The van der Waals surface area contributed by atoms with Gasteiger partial charge in [-0.25, -0.2) is 4.79 Å². The fourth-order valence-electron chi connectivity index (χ4n) is 1.58. The molecule has 0 fully saturated rings. The minimum atomic E-state index is -1.17.